The summed E-state index contributed by atoms with van der Waals surface area (Å²) in [5.41, 5.74) is 0.00885. The van der Waals surface area contributed by atoms with Gasteiger partial charge in [-0.05, 0) is 23.9 Å². The largest absolute Gasteiger partial charge is 0.481 e. The molecule has 1 N–H and O–H groups in total. The van der Waals surface area contributed by atoms with Crippen molar-refractivity contribution < 1.29 is 19.4 Å². The van der Waals surface area contributed by atoms with Crippen LogP contribution in [0.2, 0.25) is 5.02 Å². The van der Waals surface area contributed by atoms with Gasteiger partial charge in [-0.3, -0.25) is 0 Å². The van der Waals surface area contributed by atoms with Gasteiger partial charge in [0.15, 0.2) is 5.16 Å². The number of hydrogen-bond donors (Lipinski definition) is 1. The average molecular weight is 329 g/mol. The van der Waals surface area contributed by atoms with Crippen molar-refractivity contribution >= 4 is 29.3 Å². The van der Waals surface area contributed by atoms with E-state index >= 15 is 0 Å². The lowest BCUT2D eigenvalue weighted by molar-refractivity contribution is 0.0693. The molecule has 0 saturated carbocycles. The van der Waals surface area contributed by atoms with Crippen LogP contribution < -0.4 is 9.47 Å². The molecule has 0 atom stereocenters. The molecule has 1 heterocycles. The number of methoxy groups -OCH3 is 2. The number of carboxylic acid groups (broad SMARTS) is 1. The third-order valence-electron chi connectivity index (χ3n) is 2.47. The zero-order valence-corrected chi connectivity index (χ0v) is 12.7. The highest BCUT2D eigenvalue weighted by atomic mass is 35.5. The molecule has 6 nitrogen and oxygen atoms in total. The van der Waals surface area contributed by atoms with Crippen molar-refractivity contribution in [3.8, 4) is 11.8 Å². The first-order valence-electron chi connectivity index (χ1n) is 5.72. The number of hydrogen-bond acceptors (Lipinski definition) is 6. The smallest absolute Gasteiger partial charge is 0.338 e. The molecule has 1 aromatic carbocycles. The molecule has 8 heteroatoms. The molecule has 0 aliphatic heterocycles. The lowest BCUT2D eigenvalue weighted by atomic mass is 10.2. The van der Waals surface area contributed by atoms with Crippen LogP contribution in [0.25, 0.3) is 0 Å². The number of halogens is 1. The summed E-state index contributed by atoms with van der Waals surface area (Å²) in [7, 11) is 2.94. The van der Waals surface area contributed by atoms with Crippen molar-refractivity contribution in [3.05, 3.63) is 34.9 Å². The Morgan fingerprint density at radius 3 is 2.43 bits per heavy atom. The number of rotatable bonds is 5. The fourth-order valence-electron chi connectivity index (χ4n) is 1.53. The molecule has 110 valence electrons. The Hall–Kier alpha value is -1.99. The summed E-state index contributed by atoms with van der Waals surface area (Å²) < 4.78 is 10.1. The van der Waals surface area contributed by atoms with Crippen LogP contribution in [0.3, 0.4) is 0 Å². The number of ether oxygens (including phenoxy) is 2. The van der Waals surface area contributed by atoms with Gasteiger partial charge in [0.1, 0.15) is 0 Å². The number of benzene rings is 1. The van der Waals surface area contributed by atoms with E-state index < -0.39 is 5.97 Å². The Kier molecular flexibility index (Phi) is 4.87. The molecule has 0 fully saturated rings. The molecule has 0 aliphatic carbocycles. The zero-order chi connectivity index (χ0) is 15.4. The second-order valence-corrected chi connectivity index (χ2v) is 5.17. The topological polar surface area (TPSA) is 81.5 Å². The summed E-state index contributed by atoms with van der Waals surface area (Å²) >= 11 is 6.99. The number of carboxylic acids is 1. The minimum absolute atomic E-state index is 0.00885. The Balaban J connectivity index is 2.43. The summed E-state index contributed by atoms with van der Waals surface area (Å²) in [4.78, 5) is 20.0. The van der Waals surface area contributed by atoms with Crippen molar-refractivity contribution in [1.82, 2.24) is 9.97 Å². The lowest BCUT2D eigenvalue weighted by Crippen LogP contribution is -2.01. The Morgan fingerprint density at radius 1 is 1.29 bits per heavy atom. The molecular formula is C13H11ClN2O4S. The van der Waals surface area contributed by atoms with E-state index in [4.69, 9.17) is 21.1 Å². The highest BCUT2D eigenvalue weighted by molar-refractivity contribution is 7.99. The fourth-order valence-corrected chi connectivity index (χ4v) is 2.76. The third kappa shape index (κ3) is 3.56. The number of aromatic nitrogens is 2. The second kappa shape index (κ2) is 6.64. The molecule has 0 radical (unpaired) electrons. The van der Waals surface area contributed by atoms with E-state index in [1.807, 2.05) is 0 Å². The maximum absolute atomic E-state index is 11.3. The maximum atomic E-state index is 11.3. The Labute approximate surface area is 130 Å². The predicted octanol–water partition coefficient (Wildman–Crippen LogP) is 3.00. The lowest BCUT2D eigenvalue weighted by Gasteiger charge is -2.08. The maximum Gasteiger partial charge on any atom is 0.338 e. The molecule has 0 unspecified atom stereocenters. The monoisotopic (exact) mass is 328 g/mol. The van der Waals surface area contributed by atoms with Gasteiger partial charge in [0.2, 0.25) is 11.8 Å². The van der Waals surface area contributed by atoms with Crippen LogP contribution in [0.15, 0.2) is 34.3 Å². The number of nitrogens with zero attached hydrogens (tertiary/aromatic N) is 2. The van der Waals surface area contributed by atoms with Gasteiger partial charge in [0.25, 0.3) is 0 Å². The normalized spacial score (nSPS) is 10.2. The van der Waals surface area contributed by atoms with Crippen molar-refractivity contribution in [3.63, 3.8) is 0 Å². The molecule has 2 aromatic rings. The van der Waals surface area contributed by atoms with Crippen LogP contribution in [0.1, 0.15) is 10.4 Å². The van der Waals surface area contributed by atoms with Crippen molar-refractivity contribution in [2.45, 2.75) is 10.1 Å². The summed E-state index contributed by atoms with van der Waals surface area (Å²) in [6.45, 7) is 0. The molecule has 0 amide bonds. The van der Waals surface area contributed by atoms with E-state index in [1.165, 1.54) is 26.4 Å². The second-order valence-electron chi connectivity index (χ2n) is 3.76. The standard InChI is InChI=1S/C13H11ClN2O4S/c1-19-9-6-10(20-2)16-13(15-9)21-8-5-3-4-7(14)11(8)12(17)18/h3-6H,1-2H3,(H,17,18)/i13+2. The van der Waals surface area contributed by atoms with Crippen LogP contribution in [0.5, 0.6) is 11.8 Å². The quantitative estimate of drug-likeness (QED) is 0.845. The molecule has 0 aliphatic rings. The molecule has 21 heavy (non-hydrogen) atoms. The van der Waals surface area contributed by atoms with Gasteiger partial charge in [-0.2, -0.15) is 9.97 Å². The molecule has 2 rings (SSSR count). The van der Waals surface area contributed by atoms with E-state index in [2.05, 4.69) is 9.97 Å². The summed E-state index contributed by atoms with van der Waals surface area (Å²) in [6.07, 6.45) is 0. The first-order valence-corrected chi connectivity index (χ1v) is 6.91. The molecule has 0 spiro atoms. The van der Waals surface area contributed by atoms with Gasteiger partial charge in [-0.25, -0.2) is 4.79 Å². The van der Waals surface area contributed by atoms with Gasteiger partial charge >= 0.3 is 5.97 Å². The van der Waals surface area contributed by atoms with Gasteiger partial charge in [0.05, 0.1) is 30.9 Å². The van der Waals surface area contributed by atoms with E-state index in [9.17, 15) is 9.90 Å². The van der Waals surface area contributed by atoms with E-state index in [1.54, 1.807) is 12.1 Å². The van der Waals surface area contributed by atoms with Crippen LogP contribution in [0.4, 0.5) is 0 Å². The number of carbonyl (C=O) groups is 1. The minimum Gasteiger partial charge on any atom is -0.481 e. The van der Waals surface area contributed by atoms with Crippen LogP contribution in [-0.2, 0) is 0 Å². The van der Waals surface area contributed by atoms with Gasteiger partial charge in [-0.15, -0.1) is 0 Å². The highest BCUT2D eigenvalue weighted by Crippen LogP contribution is 2.33. The average Bonchev–Trinajstić information content (AvgIpc) is 2.46. The summed E-state index contributed by atoms with van der Waals surface area (Å²) in [5.74, 6) is -0.468. The third-order valence-corrected chi connectivity index (χ3v) is 3.71. The van der Waals surface area contributed by atoms with Crippen LogP contribution in [0, 0.1) is 0 Å². The number of aromatic carboxylic acids is 1. The van der Waals surface area contributed by atoms with Gasteiger partial charge in [0, 0.05) is 4.90 Å². The van der Waals surface area contributed by atoms with Crippen LogP contribution in [-0.4, -0.2) is 35.3 Å². The highest BCUT2D eigenvalue weighted by Gasteiger charge is 2.17. The minimum atomic E-state index is -1.11. The van der Waals surface area contributed by atoms with Crippen molar-refractivity contribution in [1.29, 1.82) is 0 Å². The Morgan fingerprint density at radius 2 is 1.90 bits per heavy atom. The molecule has 0 bridgehead atoms. The van der Waals surface area contributed by atoms with Crippen LogP contribution >= 0.6 is 23.4 Å². The Bertz CT molecular complexity index is 659. The predicted molar refractivity (Wildman–Crippen MR) is 77.7 cm³/mol. The van der Waals surface area contributed by atoms with Gasteiger partial charge < -0.3 is 14.6 Å². The summed E-state index contributed by atoms with van der Waals surface area (Å²) in [6, 6.07) is 6.34. The molecule has 0 saturated heterocycles. The first kappa shape index (κ1) is 15.4. The fraction of sp³-hybridized carbons (Fsp3) is 0.154. The molecular weight excluding hydrogens is 318 g/mol. The van der Waals surface area contributed by atoms with Crippen molar-refractivity contribution in [2.24, 2.45) is 0 Å². The summed E-state index contributed by atoms with van der Waals surface area (Å²) in [5, 5.41) is 9.69. The first-order chi connectivity index (χ1) is 10.0. The van der Waals surface area contributed by atoms with Gasteiger partial charge in [-0.1, -0.05) is 17.7 Å². The van der Waals surface area contributed by atoms with E-state index in [0.29, 0.717) is 21.8 Å². The van der Waals surface area contributed by atoms with Crippen molar-refractivity contribution in [2.75, 3.05) is 14.2 Å². The van der Waals surface area contributed by atoms with E-state index in [-0.39, 0.29) is 10.6 Å². The van der Waals surface area contributed by atoms with E-state index in [0.717, 1.165) is 11.8 Å². The molecule has 1 aromatic heterocycles. The zero-order valence-electron chi connectivity index (χ0n) is 11.2. The SMILES string of the molecule is COc1cc(OC)n[14c](Sc2cccc(Cl)c2C(=O)O)n1.